The third-order valence-electron chi connectivity index (χ3n) is 3.77. The number of carbonyl (C=O) groups is 1. The molecule has 4 nitrogen and oxygen atoms in total. The fraction of sp³-hybridized carbons (Fsp3) is 0.235. The molecular weight excluding hydrogens is 321 g/mol. The van der Waals surface area contributed by atoms with Gasteiger partial charge in [0.15, 0.2) is 0 Å². The molecule has 0 spiro atoms. The molecule has 1 unspecified atom stereocenters. The van der Waals surface area contributed by atoms with Gasteiger partial charge < -0.3 is 14.7 Å². The molecule has 2 aromatic carbocycles. The number of phenols is 1. The highest BCUT2D eigenvalue weighted by atomic mass is 35.5. The first kappa shape index (κ1) is 15.8. The predicted molar refractivity (Wildman–Crippen MR) is 84.1 cm³/mol. The standard InChI is InChI=1S/C17H15ClFNO3/c18-14-9-12(4-5-15(14)21)17(22)20-6-7-23-16(10-20)11-2-1-3-13(19)8-11/h1-5,8-9,16,21H,6-7,10H2. The largest absolute Gasteiger partial charge is 0.506 e. The highest BCUT2D eigenvalue weighted by molar-refractivity contribution is 6.32. The number of rotatable bonds is 2. The van der Waals surface area contributed by atoms with Crippen molar-refractivity contribution in [1.82, 2.24) is 4.90 Å². The number of amides is 1. The number of hydrogen-bond acceptors (Lipinski definition) is 3. The van der Waals surface area contributed by atoms with E-state index in [1.54, 1.807) is 17.0 Å². The Hall–Kier alpha value is -2.11. The molecule has 0 saturated carbocycles. The van der Waals surface area contributed by atoms with E-state index in [1.165, 1.54) is 30.3 Å². The summed E-state index contributed by atoms with van der Waals surface area (Å²) in [6.07, 6.45) is -0.365. The zero-order valence-electron chi connectivity index (χ0n) is 12.2. The SMILES string of the molecule is O=C(c1ccc(O)c(Cl)c1)N1CCOC(c2cccc(F)c2)C1. The summed E-state index contributed by atoms with van der Waals surface area (Å²) in [7, 11) is 0. The van der Waals surface area contributed by atoms with Gasteiger partial charge >= 0.3 is 0 Å². The molecule has 6 heteroatoms. The van der Waals surface area contributed by atoms with Crippen molar-refractivity contribution in [2.45, 2.75) is 6.10 Å². The number of carbonyl (C=O) groups excluding carboxylic acids is 1. The maximum absolute atomic E-state index is 13.4. The molecule has 1 atom stereocenters. The molecule has 0 radical (unpaired) electrons. The normalized spacial score (nSPS) is 18.0. The van der Waals surface area contributed by atoms with Gasteiger partial charge in [0.05, 0.1) is 18.2 Å². The molecule has 1 saturated heterocycles. The molecule has 1 amide bonds. The molecule has 1 aliphatic rings. The van der Waals surface area contributed by atoms with E-state index in [0.717, 1.165) is 0 Å². The summed E-state index contributed by atoms with van der Waals surface area (Å²) in [5, 5.41) is 9.57. The first-order chi connectivity index (χ1) is 11.0. The van der Waals surface area contributed by atoms with Crippen LogP contribution >= 0.6 is 11.6 Å². The van der Waals surface area contributed by atoms with Gasteiger partial charge in [-0.25, -0.2) is 4.39 Å². The molecule has 3 rings (SSSR count). The van der Waals surface area contributed by atoms with Crippen molar-refractivity contribution in [3.05, 3.63) is 64.4 Å². The topological polar surface area (TPSA) is 49.8 Å². The minimum absolute atomic E-state index is 0.0668. The molecule has 23 heavy (non-hydrogen) atoms. The van der Waals surface area contributed by atoms with Crippen LogP contribution in [0.4, 0.5) is 4.39 Å². The van der Waals surface area contributed by atoms with Crippen LogP contribution in [0.1, 0.15) is 22.0 Å². The summed E-state index contributed by atoms with van der Waals surface area (Å²) in [6.45, 7) is 1.16. The first-order valence-corrected chi connectivity index (χ1v) is 7.57. The molecule has 0 aliphatic carbocycles. The van der Waals surface area contributed by atoms with Gasteiger partial charge in [-0.2, -0.15) is 0 Å². The lowest BCUT2D eigenvalue weighted by Crippen LogP contribution is -2.42. The Morgan fingerprint density at radius 2 is 2.13 bits per heavy atom. The maximum Gasteiger partial charge on any atom is 0.254 e. The lowest BCUT2D eigenvalue weighted by molar-refractivity contribution is -0.0229. The second-order valence-electron chi connectivity index (χ2n) is 5.33. The minimum atomic E-state index is -0.365. The van der Waals surface area contributed by atoms with Crippen LogP contribution in [-0.2, 0) is 4.74 Å². The van der Waals surface area contributed by atoms with E-state index in [4.69, 9.17) is 16.3 Å². The number of morpholine rings is 1. The Kier molecular flexibility index (Phi) is 4.50. The molecule has 0 aromatic heterocycles. The van der Waals surface area contributed by atoms with E-state index in [9.17, 15) is 14.3 Å². The van der Waals surface area contributed by atoms with E-state index in [0.29, 0.717) is 30.8 Å². The summed E-state index contributed by atoms with van der Waals surface area (Å²) in [5.74, 6) is -0.598. The summed E-state index contributed by atoms with van der Waals surface area (Å²) in [6, 6.07) is 10.5. The van der Waals surface area contributed by atoms with E-state index >= 15 is 0 Å². The van der Waals surface area contributed by atoms with Gasteiger partial charge in [-0.05, 0) is 35.9 Å². The van der Waals surface area contributed by atoms with E-state index in [-0.39, 0.29) is 28.6 Å². The lowest BCUT2D eigenvalue weighted by Gasteiger charge is -2.33. The molecule has 1 N–H and O–H groups in total. The highest BCUT2D eigenvalue weighted by Crippen LogP contribution is 2.27. The molecule has 0 bridgehead atoms. The second-order valence-corrected chi connectivity index (χ2v) is 5.74. The van der Waals surface area contributed by atoms with Gasteiger partial charge in [0.25, 0.3) is 5.91 Å². The fourth-order valence-electron chi connectivity index (χ4n) is 2.56. The van der Waals surface area contributed by atoms with Crippen molar-refractivity contribution in [1.29, 1.82) is 0 Å². The fourth-order valence-corrected chi connectivity index (χ4v) is 2.75. The van der Waals surface area contributed by atoms with Crippen LogP contribution in [0.25, 0.3) is 0 Å². The number of halogens is 2. The second kappa shape index (κ2) is 6.56. The van der Waals surface area contributed by atoms with Gasteiger partial charge in [-0.3, -0.25) is 4.79 Å². The van der Waals surface area contributed by atoms with Crippen molar-refractivity contribution in [3.8, 4) is 5.75 Å². The number of nitrogens with zero attached hydrogens (tertiary/aromatic N) is 1. The summed E-state index contributed by atoms with van der Waals surface area (Å²) in [5.41, 5.74) is 1.10. The maximum atomic E-state index is 13.4. The van der Waals surface area contributed by atoms with Crippen LogP contribution in [0.15, 0.2) is 42.5 Å². The quantitative estimate of drug-likeness (QED) is 0.915. The van der Waals surface area contributed by atoms with Crippen LogP contribution in [0.5, 0.6) is 5.75 Å². The van der Waals surface area contributed by atoms with Gasteiger partial charge in [-0.1, -0.05) is 23.7 Å². The predicted octanol–water partition coefficient (Wildman–Crippen LogP) is 3.40. The zero-order valence-corrected chi connectivity index (χ0v) is 13.0. The van der Waals surface area contributed by atoms with Crippen LogP contribution in [-0.4, -0.2) is 35.6 Å². The van der Waals surface area contributed by atoms with Crippen molar-refractivity contribution < 1.29 is 19.0 Å². The molecule has 1 fully saturated rings. The molecule has 120 valence electrons. The summed E-state index contributed by atoms with van der Waals surface area (Å²) >= 11 is 5.85. The average Bonchev–Trinajstić information content (AvgIpc) is 2.57. The lowest BCUT2D eigenvalue weighted by atomic mass is 10.1. The Bertz CT molecular complexity index is 738. The monoisotopic (exact) mass is 335 g/mol. The third-order valence-corrected chi connectivity index (χ3v) is 4.07. The Morgan fingerprint density at radius 3 is 2.87 bits per heavy atom. The molecule has 1 aliphatic heterocycles. The number of phenolic OH excluding ortho intramolecular Hbond substituents is 1. The van der Waals surface area contributed by atoms with Gasteiger partial charge in [-0.15, -0.1) is 0 Å². The van der Waals surface area contributed by atoms with Crippen molar-refractivity contribution in [2.75, 3.05) is 19.7 Å². The summed E-state index contributed by atoms with van der Waals surface area (Å²) in [4.78, 5) is 14.2. The Balaban J connectivity index is 1.77. The van der Waals surface area contributed by atoms with Gasteiger partial charge in [0.1, 0.15) is 17.7 Å². The van der Waals surface area contributed by atoms with Gasteiger partial charge in [0.2, 0.25) is 0 Å². The molecular formula is C17H15ClFNO3. The van der Waals surface area contributed by atoms with Crippen molar-refractivity contribution in [2.24, 2.45) is 0 Å². The smallest absolute Gasteiger partial charge is 0.254 e. The van der Waals surface area contributed by atoms with E-state index < -0.39 is 0 Å². The van der Waals surface area contributed by atoms with E-state index in [2.05, 4.69) is 0 Å². The molecule has 1 heterocycles. The number of ether oxygens (including phenoxy) is 1. The first-order valence-electron chi connectivity index (χ1n) is 7.19. The zero-order chi connectivity index (χ0) is 16.4. The molecule has 2 aromatic rings. The van der Waals surface area contributed by atoms with Gasteiger partial charge in [0, 0.05) is 12.1 Å². The van der Waals surface area contributed by atoms with Crippen molar-refractivity contribution in [3.63, 3.8) is 0 Å². The summed E-state index contributed by atoms with van der Waals surface area (Å²) < 4.78 is 19.0. The van der Waals surface area contributed by atoms with Crippen LogP contribution < -0.4 is 0 Å². The van der Waals surface area contributed by atoms with Crippen LogP contribution in [0.3, 0.4) is 0 Å². The Morgan fingerprint density at radius 1 is 1.30 bits per heavy atom. The average molecular weight is 336 g/mol. The highest BCUT2D eigenvalue weighted by Gasteiger charge is 2.26. The van der Waals surface area contributed by atoms with Crippen molar-refractivity contribution >= 4 is 17.5 Å². The number of aromatic hydroxyl groups is 1. The van der Waals surface area contributed by atoms with Crippen LogP contribution in [0, 0.1) is 5.82 Å². The number of hydrogen-bond donors (Lipinski definition) is 1. The minimum Gasteiger partial charge on any atom is -0.506 e. The Labute approximate surface area is 138 Å². The number of benzene rings is 2. The third kappa shape index (κ3) is 3.46. The van der Waals surface area contributed by atoms with Crippen LogP contribution in [0.2, 0.25) is 5.02 Å². The van der Waals surface area contributed by atoms with E-state index in [1.807, 2.05) is 0 Å².